The van der Waals surface area contributed by atoms with Gasteiger partial charge in [-0.15, -0.1) is 11.3 Å². The normalized spacial score (nSPS) is 13.3. The molecule has 1 amide bonds. The van der Waals surface area contributed by atoms with Crippen LogP contribution in [0, 0.1) is 6.92 Å². The van der Waals surface area contributed by atoms with E-state index in [9.17, 15) is 13.2 Å². The molecule has 2 N–H and O–H groups in total. The van der Waals surface area contributed by atoms with Crippen LogP contribution in [0.4, 0.5) is 10.8 Å². The Morgan fingerprint density at radius 2 is 2.00 bits per heavy atom. The van der Waals surface area contributed by atoms with Crippen LogP contribution < -0.4 is 14.8 Å². The van der Waals surface area contributed by atoms with Gasteiger partial charge in [0.2, 0.25) is 10.0 Å². The second kappa shape index (κ2) is 7.84. The molecular weight excluding hydrogens is 410 g/mol. The number of anilines is 2. The minimum atomic E-state index is -3.52. The summed E-state index contributed by atoms with van der Waals surface area (Å²) in [5.74, 6) is 0.368. The Balaban J connectivity index is 1.51. The summed E-state index contributed by atoms with van der Waals surface area (Å²) in [6, 6.07) is 14.9. The minimum absolute atomic E-state index is 0.00299. The first-order valence-electron chi connectivity index (χ1n) is 8.98. The van der Waals surface area contributed by atoms with Gasteiger partial charge in [0.05, 0.1) is 17.1 Å². The Kier molecular flexibility index (Phi) is 5.25. The van der Waals surface area contributed by atoms with Crippen LogP contribution in [0.2, 0.25) is 0 Å². The van der Waals surface area contributed by atoms with Crippen LogP contribution in [0.3, 0.4) is 0 Å². The lowest BCUT2D eigenvalue weighted by atomic mass is 10.1. The quantitative estimate of drug-likeness (QED) is 0.626. The predicted molar refractivity (Wildman–Crippen MR) is 114 cm³/mol. The molecule has 29 heavy (non-hydrogen) atoms. The SMILES string of the molecule is Cc1sc(NS(=O)(=O)CCc2ccccc2)nc1-c1ccc2c(c1)NC(=O)CO2. The van der Waals surface area contributed by atoms with Gasteiger partial charge in [0.25, 0.3) is 5.91 Å². The highest BCUT2D eigenvalue weighted by Gasteiger charge is 2.19. The molecule has 1 aliphatic rings. The van der Waals surface area contributed by atoms with Crippen LogP contribution in [-0.2, 0) is 21.2 Å². The molecule has 1 aromatic heterocycles. The van der Waals surface area contributed by atoms with E-state index >= 15 is 0 Å². The van der Waals surface area contributed by atoms with Gasteiger partial charge in [-0.3, -0.25) is 9.52 Å². The average molecular weight is 430 g/mol. The number of carbonyl (C=O) groups excluding carboxylic acids is 1. The maximum Gasteiger partial charge on any atom is 0.262 e. The molecule has 7 nitrogen and oxygen atoms in total. The molecule has 1 aliphatic heterocycles. The number of nitrogens with one attached hydrogen (secondary N) is 2. The summed E-state index contributed by atoms with van der Waals surface area (Å²) in [7, 11) is -3.52. The smallest absolute Gasteiger partial charge is 0.262 e. The first-order valence-corrected chi connectivity index (χ1v) is 11.5. The maximum absolute atomic E-state index is 12.4. The van der Waals surface area contributed by atoms with Crippen molar-refractivity contribution in [1.82, 2.24) is 4.98 Å². The van der Waals surface area contributed by atoms with Crippen molar-refractivity contribution in [2.45, 2.75) is 13.3 Å². The number of nitrogens with zero attached hydrogens (tertiary/aromatic N) is 1. The van der Waals surface area contributed by atoms with Gasteiger partial charge in [0, 0.05) is 10.4 Å². The molecule has 3 aromatic rings. The van der Waals surface area contributed by atoms with E-state index in [2.05, 4.69) is 15.0 Å². The van der Waals surface area contributed by atoms with E-state index in [1.165, 1.54) is 11.3 Å². The van der Waals surface area contributed by atoms with E-state index < -0.39 is 10.0 Å². The van der Waals surface area contributed by atoms with Gasteiger partial charge in [-0.2, -0.15) is 0 Å². The van der Waals surface area contributed by atoms with Gasteiger partial charge in [-0.05, 0) is 37.1 Å². The van der Waals surface area contributed by atoms with Gasteiger partial charge in [0.15, 0.2) is 11.7 Å². The van der Waals surface area contributed by atoms with Crippen molar-refractivity contribution in [3.63, 3.8) is 0 Å². The second-order valence-corrected chi connectivity index (χ2v) is 9.67. The van der Waals surface area contributed by atoms with Crippen LogP contribution in [0.25, 0.3) is 11.3 Å². The molecule has 9 heteroatoms. The predicted octanol–water partition coefficient (Wildman–Crippen LogP) is 3.43. The number of carbonyl (C=O) groups is 1. The van der Waals surface area contributed by atoms with Gasteiger partial charge < -0.3 is 10.1 Å². The summed E-state index contributed by atoms with van der Waals surface area (Å²) in [6.07, 6.45) is 0.428. The lowest BCUT2D eigenvalue weighted by molar-refractivity contribution is -0.118. The van der Waals surface area contributed by atoms with Crippen molar-refractivity contribution in [3.05, 3.63) is 59.0 Å². The lowest BCUT2D eigenvalue weighted by Gasteiger charge is -2.18. The maximum atomic E-state index is 12.4. The molecule has 0 fully saturated rings. The highest BCUT2D eigenvalue weighted by atomic mass is 32.2. The van der Waals surface area contributed by atoms with Crippen molar-refractivity contribution in [2.75, 3.05) is 22.4 Å². The monoisotopic (exact) mass is 429 g/mol. The molecule has 150 valence electrons. The Labute approximate surface area is 172 Å². The number of hydrogen-bond acceptors (Lipinski definition) is 6. The Morgan fingerprint density at radius 1 is 1.21 bits per heavy atom. The summed E-state index contributed by atoms with van der Waals surface area (Å²) in [5, 5.41) is 3.09. The summed E-state index contributed by atoms with van der Waals surface area (Å²) < 4.78 is 32.8. The standard InChI is InChI=1S/C20H19N3O4S2/c1-13-19(15-7-8-17-16(11-15)21-18(24)12-27-17)22-20(28-13)23-29(25,26)10-9-14-5-3-2-4-6-14/h2-8,11H,9-10,12H2,1H3,(H,21,24)(H,22,23). The minimum Gasteiger partial charge on any atom is -0.482 e. The van der Waals surface area contributed by atoms with Crippen molar-refractivity contribution >= 4 is 38.1 Å². The summed E-state index contributed by atoms with van der Waals surface area (Å²) in [4.78, 5) is 16.9. The Morgan fingerprint density at radius 3 is 2.79 bits per heavy atom. The number of aryl methyl sites for hydroxylation is 2. The zero-order valence-corrected chi connectivity index (χ0v) is 17.3. The van der Waals surface area contributed by atoms with E-state index in [1.807, 2.05) is 43.3 Å². The number of rotatable bonds is 6. The summed E-state index contributed by atoms with van der Waals surface area (Å²) in [5.41, 5.74) is 2.99. The number of aromatic nitrogens is 1. The molecule has 4 rings (SSSR count). The zero-order valence-electron chi connectivity index (χ0n) is 15.6. The molecule has 0 saturated carbocycles. The third kappa shape index (κ3) is 4.57. The first kappa shape index (κ1) is 19.4. The molecular formula is C20H19N3O4S2. The molecule has 2 heterocycles. The number of amides is 1. The van der Waals surface area contributed by atoms with Crippen LogP contribution in [0.1, 0.15) is 10.4 Å². The molecule has 0 aliphatic carbocycles. The first-order chi connectivity index (χ1) is 13.9. The van der Waals surface area contributed by atoms with Crippen LogP contribution >= 0.6 is 11.3 Å². The fourth-order valence-corrected chi connectivity index (χ4v) is 5.17. The van der Waals surface area contributed by atoms with Gasteiger partial charge in [-0.1, -0.05) is 30.3 Å². The van der Waals surface area contributed by atoms with Crippen molar-refractivity contribution in [2.24, 2.45) is 0 Å². The van der Waals surface area contributed by atoms with Gasteiger partial charge in [-0.25, -0.2) is 13.4 Å². The van der Waals surface area contributed by atoms with Crippen molar-refractivity contribution < 1.29 is 17.9 Å². The molecule has 0 atom stereocenters. The topological polar surface area (TPSA) is 97.4 Å². The number of ether oxygens (including phenoxy) is 1. The van der Waals surface area contributed by atoms with E-state index in [-0.39, 0.29) is 18.3 Å². The number of fused-ring (bicyclic) bond motifs is 1. The van der Waals surface area contributed by atoms with E-state index in [4.69, 9.17) is 4.74 Å². The number of benzene rings is 2. The number of hydrogen-bond donors (Lipinski definition) is 2. The zero-order chi connectivity index (χ0) is 20.4. The van der Waals surface area contributed by atoms with Crippen LogP contribution in [-0.4, -0.2) is 31.7 Å². The van der Waals surface area contributed by atoms with Crippen molar-refractivity contribution in [1.29, 1.82) is 0 Å². The molecule has 0 unspecified atom stereocenters. The number of sulfonamides is 1. The largest absolute Gasteiger partial charge is 0.482 e. The molecule has 0 saturated heterocycles. The molecule has 0 radical (unpaired) electrons. The second-order valence-electron chi connectivity index (χ2n) is 6.63. The summed E-state index contributed by atoms with van der Waals surface area (Å²) in [6.45, 7) is 1.88. The molecule has 0 bridgehead atoms. The van der Waals surface area contributed by atoms with Gasteiger partial charge in [0.1, 0.15) is 5.75 Å². The fraction of sp³-hybridized carbons (Fsp3) is 0.200. The third-order valence-electron chi connectivity index (χ3n) is 4.43. The highest BCUT2D eigenvalue weighted by molar-refractivity contribution is 7.92. The van der Waals surface area contributed by atoms with Gasteiger partial charge >= 0.3 is 0 Å². The van der Waals surface area contributed by atoms with Crippen LogP contribution in [0.15, 0.2) is 48.5 Å². The van der Waals surface area contributed by atoms with E-state index in [1.54, 1.807) is 12.1 Å². The third-order valence-corrected chi connectivity index (χ3v) is 6.69. The Bertz CT molecular complexity index is 1160. The summed E-state index contributed by atoms with van der Waals surface area (Å²) >= 11 is 1.28. The Hall–Kier alpha value is -2.91. The molecule has 0 spiro atoms. The fourth-order valence-electron chi connectivity index (χ4n) is 3.02. The van der Waals surface area contributed by atoms with Crippen molar-refractivity contribution in [3.8, 4) is 17.0 Å². The van der Waals surface area contributed by atoms with E-state index in [0.29, 0.717) is 28.7 Å². The van der Waals surface area contributed by atoms with Crippen LogP contribution in [0.5, 0.6) is 5.75 Å². The molecule has 2 aromatic carbocycles. The highest BCUT2D eigenvalue weighted by Crippen LogP contribution is 2.36. The number of thiazole rings is 1. The lowest BCUT2D eigenvalue weighted by Crippen LogP contribution is -2.25. The van der Waals surface area contributed by atoms with E-state index in [0.717, 1.165) is 16.0 Å². The average Bonchev–Trinajstić information content (AvgIpc) is 3.06.